The van der Waals surface area contributed by atoms with Gasteiger partial charge in [0.25, 0.3) is 5.65 Å². The molecule has 0 atom stereocenters. The molecule has 0 N–H and O–H groups in total. The van der Waals surface area contributed by atoms with E-state index in [2.05, 4.69) is 9.97 Å². The number of imidazole rings is 1. The second kappa shape index (κ2) is 3.49. The molecule has 0 radical (unpaired) electrons. The Kier molecular flexibility index (Phi) is 1.42. The van der Waals surface area contributed by atoms with Gasteiger partial charge in [0.1, 0.15) is 11.0 Å². The molecule has 1 aliphatic heterocycles. The summed E-state index contributed by atoms with van der Waals surface area (Å²) in [6.07, 6.45) is 5.22. The van der Waals surface area contributed by atoms with Gasteiger partial charge in [-0.1, -0.05) is 0 Å². The van der Waals surface area contributed by atoms with Crippen LogP contribution in [0.15, 0.2) is 36.8 Å². The SMILES string of the molecule is [2H]C([2H])([2H])[n+]1c2n(c3c4ncccc4n(C)c31)Cc1ccncc1-2. The fraction of sp³-hybridized carbons (Fsp3) is 0.188. The van der Waals surface area contributed by atoms with E-state index in [0.29, 0.717) is 18.0 Å². The molecule has 0 aliphatic carbocycles. The molecular formula is C16H14N5+. The van der Waals surface area contributed by atoms with E-state index >= 15 is 0 Å². The molecule has 5 heterocycles. The fourth-order valence-corrected chi connectivity index (χ4v) is 3.41. The van der Waals surface area contributed by atoms with Gasteiger partial charge in [-0.15, -0.1) is 0 Å². The molecular weight excluding hydrogens is 262 g/mol. The van der Waals surface area contributed by atoms with Crippen LogP contribution in [0.3, 0.4) is 0 Å². The van der Waals surface area contributed by atoms with Crippen LogP contribution < -0.4 is 4.57 Å². The largest absolute Gasteiger partial charge is 0.270 e. The van der Waals surface area contributed by atoms with Crippen LogP contribution in [-0.4, -0.2) is 19.1 Å². The minimum Gasteiger partial charge on any atom is -0.264 e. The summed E-state index contributed by atoms with van der Waals surface area (Å²) in [4.78, 5) is 8.70. The summed E-state index contributed by atoms with van der Waals surface area (Å²) in [5.41, 5.74) is 5.20. The Morgan fingerprint density at radius 2 is 2.29 bits per heavy atom. The average Bonchev–Trinajstić information content (AvgIpc) is 3.15. The highest BCUT2D eigenvalue weighted by atomic mass is 15.2. The zero-order valence-corrected chi connectivity index (χ0v) is 11.4. The van der Waals surface area contributed by atoms with Gasteiger partial charge < -0.3 is 0 Å². The van der Waals surface area contributed by atoms with E-state index in [4.69, 9.17) is 4.11 Å². The molecule has 0 aromatic carbocycles. The fourth-order valence-electron chi connectivity index (χ4n) is 3.41. The molecule has 0 saturated carbocycles. The lowest BCUT2D eigenvalue weighted by Crippen LogP contribution is -2.31. The third kappa shape index (κ3) is 1.15. The van der Waals surface area contributed by atoms with Crippen molar-refractivity contribution in [2.24, 2.45) is 14.0 Å². The molecule has 0 bridgehead atoms. The van der Waals surface area contributed by atoms with Crippen LogP contribution in [0.1, 0.15) is 9.68 Å². The molecule has 5 rings (SSSR count). The summed E-state index contributed by atoms with van der Waals surface area (Å²) in [6.45, 7) is -1.67. The molecule has 4 aromatic rings. The molecule has 0 saturated heterocycles. The summed E-state index contributed by atoms with van der Waals surface area (Å²) in [7, 11) is 1.88. The van der Waals surface area contributed by atoms with Crippen LogP contribution in [0.2, 0.25) is 0 Å². The molecule has 0 unspecified atom stereocenters. The van der Waals surface area contributed by atoms with Crippen LogP contribution in [0.5, 0.6) is 0 Å². The zero-order valence-electron chi connectivity index (χ0n) is 14.4. The lowest BCUT2D eigenvalue weighted by Gasteiger charge is -1.98. The topological polar surface area (TPSA) is 39.5 Å². The van der Waals surface area contributed by atoms with E-state index in [1.165, 1.54) is 4.57 Å². The third-order valence-corrected chi connectivity index (χ3v) is 4.33. The number of pyridine rings is 2. The van der Waals surface area contributed by atoms with Gasteiger partial charge in [0.05, 0.1) is 30.2 Å². The highest BCUT2D eigenvalue weighted by Crippen LogP contribution is 2.35. The van der Waals surface area contributed by atoms with Crippen molar-refractivity contribution in [2.45, 2.75) is 6.54 Å². The number of nitrogens with zero attached hydrogens (tertiary/aromatic N) is 5. The van der Waals surface area contributed by atoms with E-state index in [9.17, 15) is 0 Å². The first-order valence-electron chi connectivity index (χ1n) is 8.30. The molecule has 1 aliphatic rings. The van der Waals surface area contributed by atoms with Crippen molar-refractivity contribution < 1.29 is 8.68 Å². The van der Waals surface area contributed by atoms with Crippen molar-refractivity contribution in [1.82, 2.24) is 19.1 Å². The predicted molar refractivity (Wildman–Crippen MR) is 79.7 cm³/mol. The third-order valence-electron chi connectivity index (χ3n) is 4.33. The zero-order chi connectivity index (χ0) is 16.6. The van der Waals surface area contributed by atoms with Gasteiger partial charge in [0, 0.05) is 24.2 Å². The quantitative estimate of drug-likeness (QED) is 0.405. The van der Waals surface area contributed by atoms with Gasteiger partial charge in [0.15, 0.2) is 0 Å². The number of fused-ring (bicyclic) bond motifs is 7. The number of aromatic nitrogens is 5. The molecule has 5 heteroatoms. The number of hydrogen-bond acceptors (Lipinski definition) is 2. The second-order valence-electron chi connectivity index (χ2n) is 5.38. The summed E-state index contributed by atoms with van der Waals surface area (Å²) in [5, 5.41) is 0. The number of rotatable bonds is 0. The lowest BCUT2D eigenvalue weighted by molar-refractivity contribution is -0.636. The first-order chi connectivity index (χ1) is 11.5. The van der Waals surface area contributed by atoms with Gasteiger partial charge in [-0.2, -0.15) is 0 Å². The van der Waals surface area contributed by atoms with Crippen LogP contribution >= 0.6 is 0 Å². The highest BCUT2D eigenvalue weighted by molar-refractivity contribution is 6.02. The van der Waals surface area contributed by atoms with Gasteiger partial charge in [-0.05, 0) is 18.2 Å². The molecule has 0 amide bonds. The Morgan fingerprint density at radius 1 is 1.33 bits per heavy atom. The summed E-state index contributed by atoms with van der Waals surface area (Å²) >= 11 is 0. The predicted octanol–water partition coefficient (Wildman–Crippen LogP) is 1.78. The van der Waals surface area contributed by atoms with Gasteiger partial charge in [-0.3, -0.25) is 9.55 Å². The van der Waals surface area contributed by atoms with E-state index < -0.39 is 6.98 Å². The van der Waals surface area contributed by atoms with Crippen LogP contribution in [0.25, 0.3) is 33.6 Å². The van der Waals surface area contributed by atoms with E-state index in [0.717, 1.165) is 27.7 Å². The number of hydrogen-bond donors (Lipinski definition) is 0. The minimum absolute atomic E-state index is 0.627. The normalized spacial score (nSPS) is 15.8. The van der Waals surface area contributed by atoms with Gasteiger partial charge in [0.2, 0.25) is 11.3 Å². The van der Waals surface area contributed by atoms with Crippen molar-refractivity contribution in [1.29, 1.82) is 0 Å². The maximum absolute atomic E-state index is 8.08. The first kappa shape index (κ1) is 8.56. The minimum atomic E-state index is -2.29. The number of aryl methyl sites for hydroxylation is 2. The molecule has 102 valence electrons. The second-order valence-corrected chi connectivity index (χ2v) is 5.38. The smallest absolute Gasteiger partial charge is 0.264 e. The molecule has 21 heavy (non-hydrogen) atoms. The van der Waals surface area contributed by atoms with Crippen LogP contribution in [-0.2, 0) is 20.6 Å². The summed E-state index contributed by atoms with van der Waals surface area (Å²) in [5.74, 6) is 0.672. The Balaban J connectivity index is 2.05. The Labute approximate surface area is 125 Å². The van der Waals surface area contributed by atoms with Crippen molar-refractivity contribution in [3.8, 4) is 11.4 Å². The summed E-state index contributed by atoms with van der Waals surface area (Å²) in [6, 6.07) is 5.77. The average molecular weight is 279 g/mol. The standard InChI is InChI=1S/C16H14N5/c1-19-12-4-3-6-18-13(12)14-16(19)20(2)15-11-8-17-7-5-10(11)9-21(14)15/h3-8H,9H2,1-2H3/q+1/i2D3. The Hall–Kier alpha value is -2.69. The Bertz CT molecular complexity index is 1140. The van der Waals surface area contributed by atoms with Crippen LogP contribution in [0, 0.1) is 0 Å². The molecule has 0 fully saturated rings. The highest BCUT2D eigenvalue weighted by Gasteiger charge is 2.34. The van der Waals surface area contributed by atoms with E-state index in [1.807, 2.05) is 34.4 Å². The maximum Gasteiger partial charge on any atom is 0.270 e. The van der Waals surface area contributed by atoms with Crippen molar-refractivity contribution in [3.05, 3.63) is 42.4 Å². The van der Waals surface area contributed by atoms with E-state index in [1.54, 1.807) is 18.6 Å². The lowest BCUT2D eigenvalue weighted by atomic mass is 10.2. The maximum atomic E-state index is 8.08. The van der Waals surface area contributed by atoms with Gasteiger partial charge >= 0.3 is 0 Å². The molecule has 0 spiro atoms. The van der Waals surface area contributed by atoms with Crippen molar-refractivity contribution in [3.63, 3.8) is 0 Å². The molecule has 4 aromatic heterocycles. The van der Waals surface area contributed by atoms with Gasteiger partial charge in [-0.25, -0.2) is 14.1 Å². The van der Waals surface area contributed by atoms with Crippen molar-refractivity contribution >= 4 is 22.2 Å². The van der Waals surface area contributed by atoms with Crippen LogP contribution in [0.4, 0.5) is 0 Å². The Morgan fingerprint density at radius 3 is 3.19 bits per heavy atom. The van der Waals surface area contributed by atoms with E-state index in [-0.39, 0.29) is 0 Å². The monoisotopic (exact) mass is 279 g/mol. The summed E-state index contributed by atoms with van der Waals surface area (Å²) < 4.78 is 29.6. The first-order valence-corrected chi connectivity index (χ1v) is 6.80. The van der Waals surface area contributed by atoms with Crippen molar-refractivity contribution in [2.75, 3.05) is 0 Å². The molecule has 5 nitrogen and oxygen atoms in total.